The molecule has 0 unspecified atom stereocenters. The van der Waals surface area contributed by atoms with Gasteiger partial charge in [-0.2, -0.15) is 0 Å². The van der Waals surface area contributed by atoms with Crippen LogP contribution < -0.4 is 9.67 Å². The van der Waals surface area contributed by atoms with E-state index >= 15 is 0 Å². The van der Waals surface area contributed by atoms with Gasteiger partial charge in [-0.05, 0) is 0 Å². The standard InChI is InChI=1S/C8H9AsClNO5/c1-4(12)11-7-6(10)3-2-5(8(7)13)9(14,15)16/h2-3,13H,1H3,(H,11,12)(H2,14,15,16). The Balaban J connectivity index is 3.38. The molecule has 0 aliphatic carbocycles. The number of rotatable bonds is 2. The maximum atomic E-state index is 11.0. The summed E-state index contributed by atoms with van der Waals surface area (Å²) in [6.45, 7) is 1.19. The number of carbonyl (C=O) groups is 1. The summed E-state index contributed by atoms with van der Waals surface area (Å²) in [5.74, 6) is -1.21. The fourth-order valence-corrected chi connectivity index (χ4v) is 2.66. The number of amides is 1. The summed E-state index contributed by atoms with van der Waals surface area (Å²) in [6, 6.07) is 2.23. The van der Waals surface area contributed by atoms with E-state index in [1.807, 2.05) is 0 Å². The van der Waals surface area contributed by atoms with Crippen molar-refractivity contribution in [2.75, 3.05) is 5.32 Å². The average molecular weight is 310 g/mol. The topological polar surface area (TPSA) is 107 Å². The van der Waals surface area contributed by atoms with E-state index in [-0.39, 0.29) is 10.7 Å². The number of halogens is 1. The van der Waals surface area contributed by atoms with E-state index < -0.39 is 30.2 Å². The van der Waals surface area contributed by atoms with Gasteiger partial charge in [-0.25, -0.2) is 0 Å². The van der Waals surface area contributed by atoms with E-state index in [4.69, 9.17) is 19.8 Å². The SMILES string of the molecule is CC(=O)Nc1c(Cl)ccc([As](=O)(O)O)c1O. The Morgan fingerprint density at radius 3 is 2.44 bits per heavy atom. The Labute approximate surface area is 98.9 Å². The van der Waals surface area contributed by atoms with Crippen molar-refractivity contribution in [3.8, 4) is 5.75 Å². The predicted octanol–water partition coefficient (Wildman–Crippen LogP) is -0.435. The van der Waals surface area contributed by atoms with Crippen molar-refractivity contribution in [1.82, 2.24) is 0 Å². The number of nitrogens with one attached hydrogen (secondary N) is 1. The summed E-state index contributed by atoms with van der Waals surface area (Å²) in [7, 11) is 0. The van der Waals surface area contributed by atoms with Gasteiger partial charge in [-0.3, -0.25) is 0 Å². The quantitative estimate of drug-likeness (QED) is 0.438. The molecule has 1 rings (SSSR count). The van der Waals surface area contributed by atoms with Gasteiger partial charge in [0.05, 0.1) is 0 Å². The first-order valence-electron chi connectivity index (χ1n) is 4.08. The molecule has 0 radical (unpaired) electrons. The minimum absolute atomic E-state index is 0.000370. The van der Waals surface area contributed by atoms with E-state index in [0.29, 0.717) is 0 Å². The Kier molecular flexibility index (Phi) is 3.70. The molecule has 88 valence electrons. The summed E-state index contributed by atoms with van der Waals surface area (Å²) >= 11 is 0.440. The van der Waals surface area contributed by atoms with Gasteiger partial charge in [0, 0.05) is 0 Å². The zero-order valence-corrected chi connectivity index (χ0v) is 10.8. The van der Waals surface area contributed by atoms with Gasteiger partial charge in [0.1, 0.15) is 0 Å². The second kappa shape index (κ2) is 4.51. The zero-order chi connectivity index (χ0) is 12.5. The Morgan fingerprint density at radius 2 is 2.00 bits per heavy atom. The molecule has 0 aliphatic rings. The molecule has 0 saturated carbocycles. The summed E-state index contributed by atoms with van der Waals surface area (Å²) in [5.41, 5.74) is -0.198. The Bertz CT molecular complexity index is 484. The van der Waals surface area contributed by atoms with Gasteiger partial charge >= 0.3 is 98.7 Å². The van der Waals surface area contributed by atoms with Crippen LogP contribution in [0.3, 0.4) is 0 Å². The molecule has 0 atom stereocenters. The third-order valence-electron chi connectivity index (χ3n) is 1.72. The van der Waals surface area contributed by atoms with Crippen LogP contribution >= 0.6 is 11.6 Å². The van der Waals surface area contributed by atoms with E-state index in [0.717, 1.165) is 6.07 Å². The zero-order valence-electron chi connectivity index (χ0n) is 8.14. The number of phenolic OH excluding ortho intramolecular Hbond substituents is 1. The molecule has 0 saturated heterocycles. The van der Waals surface area contributed by atoms with Gasteiger partial charge in [0.15, 0.2) is 0 Å². The molecule has 1 amide bonds. The molecule has 8 heteroatoms. The monoisotopic (exact) mass is 309 g/mol. The van der Waals surface area contributed by atoms with Crippen molar-refractivity contribution in [1.29, 1.82) is 0 Å². The molecule has 1 aromatic carbocycles. The van der Waals surface area contributed by atoms with E-state index in [1.165, 1.54) is 13.0 Å². The van der Waals surface area contributed by atoms with E-state index in [1.54, 1.807) is 0 Å². The molecular weight excluding hydrogens is 300 g/mol. The van der Waals surface area contributed by atoms with Crippen LogP contribution in [0.25, 0.3) is 0 Å². The molecule has 16 heavy (non-hydrogen) atoms. The predicted molar refractivity (Wildman–Crippen MR) is 57.9 cm³/mol. The summed E-state index contributed by atoms with van der Waals surface area (Å²) in [6.07, 6.45) is 0. The molecule has 6 nitrogen and oxygen atoms in total. The van der Waals surface area contributed by atoms with Crippen LogP contribution in [0.4, 0.5) is 5.69 Å². The molecule has 0 heterocycles. The van der Waals surface area contributed by atoms with Gasteiger partial charge in [0.25, 0.3) is 0 Å². The molecule has 1 aromatic rings. The van der Waals surface area contributed by atoms with Crippen LogP contribution in [0, 0.1) is 0 Å². The molecule has 0 spiro atoms. The second-order valence-corrected chi connectivity index (χ2v) is 6.72. The van der Waals surface area contributed by atoms with Crippen molar-refractivity contribution in [2.24, 2.45) is 0 Å². The fourth-order valence-electron chi connectivity index (χ4n) is 1.09. The van der Waals surface area contributed by atoms with Crippen LogP contribution in [0.1, 0.15) is 6.92 Å². The molecule has 0 aliphatic heterocycles. The molecule has 0 aromatic heterocycles. The first-order chi connectivity index (χ1) is 7.23. The normalized spacial score (nSPS) is 11.2. The van der Waals surface area contributed by atoms with E-state index in [9.17, 15) is 13.6 Å². The van der Waals surface area contributed by atoms with Crippen LogP contribution in [-0.2, 0) is 8.53 Å². The Morgan fingerprint density at radius 1 is 1.44 bits per heavy atom. The molecule has 0 bridgehead atoms. The van der Waals surface area contributed by atoms with Gasteiger partial charge < -0.3 is 0 Å². The Hall–Kier alpha value is -0.942. The first-order valence-corrected chi connectivity index (χ1v) is 7.84. The average Bonchev–Trinajstić information content (AvgIpc) is 2.09. The number of anilines is 1. The number of carbonyl (C=O) groups excluding carboxylic acids is 1. The van der Waals surface area contributed by atoms with Crippen LogP contribution in [-0.4, -0.2) is 33.4 Å². The van der Waals surface area contributed by atoms with E-state index in [2.05, 4.69) is 5.32 Å². The number of benzene rings is 1. The number of phenols is 1. The summed E-state index contributed by atoms with van der Waals surface area (Å²) in [5, 5.41) is 11.8. The third kappa shape index (κ3) is 2.80. The number of aromatic hydroxyl groups is 1. The fraction of sp³-hybridized carbons (Fsp3) is 0.125. The van der Waals surface area contributed by atoms with Crippen molar-refractivity contribution in [3.63, 3.8) is 0 Å². The molecular formula is C8H9AsClNO5. The van der Waals surface area contributed by atoms with Crippen LogP contribution in [0.15, 0.2) is 12.1 Å². The number of hydrogen-bond acceptors (Lipinski definition) is 3. The maximum absolute atomic E-state index is 11.0. The van der Waals surface area contributed by atoms with Crippen molar-refractivity contribution >= 4 is 41.7 Å². The molecule has 4 N–H and O–H groups in total. The first kappa shape index (κ1) is 13.1. The molecule has 0 fully saturated rings. The van der Waals surface area contributed by atoms with Crippen LogP contribution in [0.5, 0.6) is 5.75 Å². The summed E-state index contributed by atoms with van der Waals surface area (Å²) in [4.78, 5) is 10.8. The van der Waals surface area contributed by atoms with Gasteiger partial charge in [-0.1, -0.05) is 0 Å². The van der Waals surface area contributed by atoms with Gasteiger partial charge in [-0.15, -0.1) is 0 Å². The van der Waals surface area contributed by atoms with Gasteiger partial charge in [0.2, 0.25) is 0 Å². The second-order valence-electron chi connectivity index (χ2n) is 3.02. The van der Waals surface area contributed by atoms with Crippen molar-refractivity contribution < 1.29 is 21.8 Å². The minimum atomic E-state index is -5.23. The van der Waals surface area contributed by atoms with Crippen molar-refractivity contribution in [3.05, 3.63) is 17.2 Å². The number of hydrogen-bond donors (Lipinski definition) is 4. The van der Waals surface area contributed by atoms with Crippen LogP contribution in [0.2, 0.25) is 5.02 Å². The third-order valence-corrected chi connectivity index (χ3v) is 4.11. The van der Waals surface area contributed by atoms with Crippen molar-refractivity contribution in [2.45, 2.75) is 6.92 Å². The summed E-state index contributed by atoms with van der Waals surface area (Å²) < 4.78 is 28.5.